The number of rotatable bonds is 4. The van der Waals surface area contributed by atoms with E-state index < -0.39 is 5.41 Å². The maximum Gasteiger partial charge on any atom is 0.164 e. The van der Waals surface area contributed by atoms with Crippen LogP contribution in [0.3, 0.4) is 0 Å². The maximum atomic E-state index is 6.61. The van der Waals surface area contributed by atoms with Gasteiger partial charge in [0.15, 0.2) is 17.5 Å². The number of nitrogens with zero attached hydrogens (tertiary/aromatic N) is 4. The van der Waals surface area contributed by atoms with Crippen LogP contribution in [-0.2, 0) is 5.41 Å². The SMILES string of the molecule is c1ccc(-c2nc(-c3ccccc3)nc(-c3cccc(-n4c5c6c(ccc5c5ccc7oc8ccccc8c7c54)C4(c5ccccc5-c5ccccc54)c4ccccc4-6)c3)n2)cc1. The van der Waals surface area contributed by atoms with Gasteiger partial charge in [-0.2, -0.15) is 0 Å². The van der Waals surface area contributed by atoms with Crippen LogP contribution in [0.1, 0.15) is 22.3 Å². The number of benzene rings is 9. The molecule has 0 bridgehead atoms. The molecule has 5 heteroatoms. The van der Waals surface area contributed by atoms with E-state index in [2.05, 4.69) is 168 Å². The van der Waals surface area contributed by atoms with Crippen molar-refractivity contribution >= 4 is 43.7 Å². The van der Waals surface area contributed by atoms with E-state index in [1.807, 2.05) is 42.5 Å². The number of hydrogen-bond acceptors (Lipinski definition) is 4. The van der Waals surface area contributed by atoms with Crippen molar-refractivity contribution < 1.29 is 4.42 Å². The summed E-state index contributed by atoms with van der Waals surface area (Å²) < 4.78 is 9.11. The lowest BCUT2D eigenvalue weighted by molar-refractivity contribution is 0.669. The lowest BCUT2D eigenvalue weighted by Crippen LogP contribution is -2.25. The van der Waals surface area contributed by atoms with Crippen molar-refractivity contribution in [3.05, 3.63) is 229 Å². The van der Waals surface area contributed by atoms with Crippen molar-refractivity contribution in [3.63, 3.8) is 0 Å². The molecule has 9 aromatic carbocycles. The van der Waals surface area contributed by atoms with Crippen molar-refractivity contribution in [2.45, 2.75) is 5.41 Å². The molecule has 0 saturated heterocycles. The van der Waals surface area contributed by atoms with Gasteiger partial charge in [0, 0.05) is 44.1 Å². The molecule has 0 fully saturated rings. The third-order valence-electron chi connectivity index (χ3n) is 13.4. The Bertz CT molecular complexity index is 3760. The molecule has 2 aliphatic rings. The topological polar surface area (TPSA) is 56.7 Å². The van der Waals surface area contributed by atoms with Crippen LogP contribution >= 0.6 is 0 Å². The van der Waals surface area contributed by atoms with Crippen molar-refractivity contribution in [1.82, 2.24) is 19.5 Å². The van der Waals surface area contributed by atoms with Crippen LogP contribution in [0.5, 0.6) is 0 Å². The predicted molar refractivity (Wildman–Crippen MR) is 254 cm³/mol. The van der Waals surface area contributed by atoms with Gasteiger partial charge in [-0.05, 0) is 69.3 Å². The molecule has 2 aliphatic carbocycles. The molecule has 3 heterocycles. The fourth-order valence-electron chi connectivity index (χ4n) is 11.0. The Morgan fingerprint density at radius 1 is 0.365 bits per heavy atom. The van der Waals surface area contributed by atoms with Crippen molar-refractivity contribution in [1.29, 1.82) is 0 Å². The minimum atomic E-state index is -0.485. The van der Waals surface area contributed by atoms with E-state index >= 15 is 0 Å². The van der Waals surface area contributed by atoms with Crippen LogP contribution in [0, 0.1) is 0 Å². The van der Waals surface area contributed by atoms with Crippen LogP contribution in [0.4, 0.5) is 0 Å². The monoisotopic (exact) mass is 802 g/mol. The van der Waals surface area contributed by atoms with E-state index in [0.717, 1.165) is 55.3 Å². The Kier molecular flexibility index (Phi) is 6.97. The third-order valence-corrected chi connectivity index (χ3v) is 13.4. The van der Waals surface area contributed by atoms with Gasteiger partial charge in [0.1, 0.15) is 11.2 Å². The molecule has 12 aromatic rings. The molecule has 0 atom stereocenters. The van der Waals surface area contributed by atoms with E-state index in [9.17, 15) is 0 Å². The molecular formula is C58H34N4O. The highest BCUT2D eigenvalue weighted by atomic mass is 16.3. The first kappa shape index (κ1) is 34.3. The Morgan fingerprint density at radius 3 is 1.57 bits per heavy atom. The molecule has 0 aliphatic heterocycles. The number of hydrogen-bond donors (Lipinski definition) is 0. The van der Waals surface area contributed by atoms with Crippen LogP contribution in [0.25, 0.3) is 106 Å². The fraction of sp³-hybridized carbons (Fsp3) is 0.0172. The van der Waals surface area contributed by atoms with Crippen LogP contribution in [-0.4, -0.2) is 19.5 Å². The van der Waals surface area contributed by atoms with E-state index in [1.165, 1.54) is 55.3 Å². The molecule has 14 rings (SSSR count). The molecule has 0 N–H and O–H groups in total. The second kappa shape index (κ2) is 12.8. The van der Waals surface area contributed by atoms with E-state index in [0.29, 0.717) is 17.5 Å². The summed E-state index contributed by atoms with van der Waals surface area (Å²) in [6, 6.07) is 73.7. The second-order valence-corrected chi connectivity index (χ2v) is 16.6. The van der Waals surface area contributed by atoms with Gasteiger partial charge in [-0.1, -0.05) is 176 Å². The molecule has 0 radical (unpaired) electrons. The first-order valence-corrected chi connectivity index (χ1v) is 21.4. The van der Waals surface area contributed by atoms with Crippen molar-refractivity contribution in [2.75, 3.05) is 0 Å². The predicted octanol–water partition coefficient (Wildman–Crippen LogP) is 14.2. The van der Waals surface area contributed by atoms with Gasteiger partial charge < -0.3 is 8.98 Å². The average Bonchev–Trinajstić information content (AvgIpc) is 4.08. The second-order valence-electron chi connectivity index (χ2n) is 16.6. The van der Waals surface area contributed by atoms with Crippen LogP contribution in [0.15, 0.2) is 211 Å². The van der Waals surface area contributed by atoms with Gasteiger partial charge in [0.05, 0.1) is 21.8 Å². The summed E-state index contributed by atoms with van der Waals surface area (Å²) in [6.45, 7) is 0. The molecule has 0 saturated carbocycles. The Balaban J connectivity index is 1.11. The minimum absolute atomic E-state index is 0.485. The van der Waals surface area contributed by atoms with Gasteiger partial charge in [-0.15, -0.1) is 0 Å². The first-order valence-electron chi connectivity index (χ1n) is 21.4. The number of aromatic nitrogens is 4. The number of furan rings is 1. The summed E-state index contributed by atoms with van der Waals surface area (Å²) in [5, 5.41) is 4.53. The van der Waals surface area contributed by atoms with Crippen molar-refractivity contribution in [3.8, 4) is 62.1 Å². The molecular weight excluding hydrogens is 769 g/mol. The summed E-state index contributed by atoms with van der Waals surface area (Å²) >= 11 is 0. The van der Waals surface area contributed by atoms with Gasteiger partial charge in [-0.3, -0.25) is 0 Å². The molecule has 0 amide bonds. The Labute approximate surface area is 362 Å². The summed E-state index contributed by atoms with van der Waals surface area (Å²) in [7, 11) is 0. The highest BCUT2D eigenvalue weighted by molar-refractivity contribution is 6.26. The smallest absolute Gasteiger partial charge is 0.164 e. The fourth-order valence-corrected chi connectivity index (χ4v) is 11.0. The van der Waals surface area contributed by atoms with Gasteiger partial charge in [0.25, 0.3) is 0 Å². The Morgan fingerprint density at radius 2 is 0.889 bits per heavy atom. The Hall–Kier alpha value is -8.41. The molecule has 1 spiro atoms. The largest absolute Gasteiger partial charge is 0.456 e. The van der Waals surface area contributed by atoms with Crippen molar-refractivity contribution in [2.24, 2.45) is 0 Å². The number of fused-ring (bicyclic) bond motifs is 18. The minimum Gasteiger partial charge on any atom is -0.456 e. The zero-order valence-electron chi connectivity index (χ0n) is 33.8. The average molecular weight is 803 g/mol. The molecule has 63 heavy (non-hydrogen) atoms. The van der Waals surface area contributed by atoms with Gasteiger partial charge >= 0.3 is 0 Å². The number of para-hydroxylation sites is 1. The summed E-state index contributed by atoms with van der Waals surface area (Å²) in [4.78, 5) is 15.3. The van der Waals surface area contributed by atoms with E-state index in [4.69, 9.17) is 19.4 Å². The standard InChI is InChI=1S/C58H34N4O/c1-3-16-35(17-4-1)55-59-56(36-18-5-2-6-19-36)61-57(60-55)37-20-15-21-38(34-37)62-53-41(42-31-33-50-52(54(42)62)44-25-10-14-29-49(44)63-50)30-32-48-51(53)43-24-9-13-28-47(43)58(48)45-26-11-7-22-39(45)40-23-8-12-27-46(40)58/h1-34H. The zero-order valence-corrected chi connectivity index (χ0v) is 33.8. The van der Waals surface area contributed by atoms with E-state index in [-0.39, 0.29) is 0 Å². The van der Waals surface area contributed by atoms with Crippen LogP contribution in [0.2, 0.25) is 0 Å². The first-order chi connectivity index (χ1) is 31.3. The van der Waals surface area contributed by atoms with E-state index in [1.54, 1.807) is 0 Å². The lowest BCUT2D eigenvalue weighted by Gasteiger charge is -2.30. The molecule has 292 valence electrons. The molecule has 5 nitrogen and oxygen atoms in total. The van der Waals surface area contributed by atoms with Gasteiger partial charge in [-0.25, -0.2) is 15.0 Å². The zero-order chi connectivity index (χ0) is 41.2. The summed E-state index contributed by atoms with van der Waals surface area (Å²) in [5.74, 6) is 1.87. The summed E-state index contributed by atoms with van der Waals surface area (Å²) in [5.41, 5.74) is 17.6. The van der Waals surface area contributed by atoms with Crippen LogP contribution < -0.4 is 0 Å². The summed E-state index contributed by atoms with van der Waals surface area (Å²) in [6.07, 6.45) is 0. The highest BCUT2D eigenvalue weighted by Crippen LogP contribution is 2.64. The lowest BCUT2D eigenvalue weighted by atomic mass is 9.70. The molecule has 0 unspecified atom stereocenters. The third kappa shape index (κ3) is 4.63. The highest BCUT2D eigenvalue weighted by Gasteiger charge is 2.52. The molecule has 3 aromatic heterocycles. The maximum absolute atomic E-state index is 6.61. The quantitative estimate of drug-likeness (QED) is 0.178. The normalized spacial score (nSPS) is 13.2. The van der Waals surface area contributed by atoms with Gasteiger partial charge in [0.2, 0.25) is 0 Å².